The lowest BCUT2D eigenvalue weighted by molar-refractivity contribution is -0.147. The van der Waals surface area contributed by atoms with Crippen molar-refractivity contribution in [3.05, 3.63) is 0 Å². The Bertz CT molecular complexity index is 777. The second-order valence-corrected chi connectivity index (χ2v) is 9.16. The third-order valence-corrected chi connectivity index (χ3v) is 6.16. The Hall–Kier alpha value is -3.18. The number of hydrogen-bond donors (Lipinski definition) is 5. The van der Waals surface area contributed by atoms with E-state index in [0.717, 1.165) is 0 Å². The van der Waals surface area contributed by atoms with Crippen LogP contribution in [0.1, 0.15) is 65.2 Å². The van der Waals surface area contributed by atoms with Crippen molar-refractivity contribution in [1.82, 2.24) is 16.0 Å². The first-order valence-corrected chi connectivity index (χ1v) is 11.9. The molecule has 0 aromatic rings. The van der Waals surface area contributed by atoms with Crippen molar-refractivity contribution in [2.24, 2.45) is 23.5 Å². The maximum absolute atomic E-state index is 12.7. The van der Waals surface area contributed by atoms with E-state index in [0.29, 0.717) is 25.7 Å². The summed E-state index contributed by atoms with van der Waals surface area (Å²) < 4.78 is 4.75. The maximum Gasteiger partial charge on any atom is 0.326 e. The Morgan fingerprint density at radius 3 is 2.09 bits per heavy atom. The normalized spacial score (nSPS) is 19.2. The molecule has 0 unspecified atom stereocenters. The molecule has 1 fully saturated rings. The van der Waals surface area contributed by atoms with Crippen LogP contribution in [0.4, 0.5) is 4.79 Å². The third-order valence-electron chi connectivity index (χ3n) is 6.16. The van der Waals surface area contributed by atoms with E-state index in [9.17, 15) is 33.9 Å². The van der Waals surface area contributed by atoms with Crippen molar-refractivity contribution >= 4 is 35.6 Å². The molecule has 1 aliphatic rings. The van der Waals surface area contributed by atoms with Gasteiger partial charge in [-0.15, -0.1) is 0 Å². The quantitative estimate of drug-likeness (QED) is 0.168. The van der Waals surface area contributed by atoms with Gasteiger partial charge in [-0.3, -0.25) is 19.2 Å². The number of nitrogens with one attached hydrogen (secondary N) is 3. The van der Waals surface area contributed by atoms with Crippen molar-refractivity contribution < 1.29 is 38.6 Å². The SMILES string of the molecule is COC(=O)C1CCC(C(=O)CCC(=O)N[C@H](C(=O)N[C@@H](CCCNC(N)=O)C(=O)O)C(C)C)CC1. The zero-order chi connectivity index (χ0) is 26.5. The van der Waals surface area contributed by atoms with Crippen LogP contribution in [-0.2, 0) is 28.7 Å². The number of nitrogens with two attached hydrogens (primary N) is 1. The van der Waals surface area contributed by atoms with E-state index in [1.807, 2.05) is 0 Å². The van der Waals surface area contributed by atoms with E-state index in [1.54, 1.807) is 13.8 Å². The van der Waals surface area contributed by atoms with Gasteiger partial charge in [0.25, 0.3) is 0 Å². The lowest BCUT2D eigenvalue weighted by Crippen LogP contribution is -2.53. The lowest BCUT2D eigenvalue weighted by Gasteiger charge is -2.26. The molecule has 198 valence electrons. The monoisotopic (exact) mass is 498 g/mol. The van der Waals surface area contributed by atoms with Crippen molar-refractivity contribution in [3.63, 3.8) is 0 Å². The molecule has 12 nitrogen and oxygen atoms in total. The summed E-state index contributed by atoms with van der Waals surface area (Å²) >= 11 is 0. The zero-order valence-electron chi connectivity index (χ0n) is 20.6. The molecule has 1 saturated carbocycles. The minimum Gasteiger partial charge on any atom is -0.480 e. The third kappa shape index (κ3) is 10.7. The van der Waals surface area contributed by atoms with Crippen LogP contribution in [0.25, 0.3) is 0 Å². The highest BCUT2D eigenvalue weighted by Crippen LogP contribution is 2.30. The van der Waals surface area contributed by atoms with E-state index in [-0.39, 0.29) is 61.7 Å². The standard InChI is InChI=1S/C23H38N4O8/c1-13(2)19(20(30)26-16(21(31)32)5-4-12-25-23(24)34)27-18(29)11-10-17(28)14-6-8-15(9-7-14)22(33)35-3/h13-16,19H,4-12H2,1-3H3,(H,26,30)(H,27,29)(H,31,32)(H3,24,25,34)/t14?,15?,16-,19-/m0/s1. The maximum atomic E-state index is 12.7. The van der Waals surface area contributed by atoms with Crippen LogP contribution in [0.3, 0.4) is 0 Å². The van der Waals surface area contributed by atoms with Crippen molar-refractivity contribution in [1.29, 1.82) is 0 Å². The van der Waals surface area contributed by atoms with Gasteiger partial charge in [0.15, 0.2) is 0 Å². The first kappa shape index (κ1) is 29.9. The molecule has 0 radical (unpaired) electrons. The molecule has 0 heterocycles. The Kier molecular flexibility index (Phi) is 12.7. The van der Waals surface area contributed by atoms with Crippen LogP contribution in [0.2, 0.25) is 0 Å². The van der Waals surface area contributed by atoms with E-state index in [2.05, 4.69) is 16.0 Å². The van der Waals surface area contributed by atoms with Gasteiger partial charge in [0.1, 0.15) is 17.9 Å². The Balaban J connectivity index is 2.53. The van der Waals surface area contributed by atoms with E-state index >= 15 is 0 Å². The molecule has 4 amide bonds. The highest BCUT2D eigenvalue weighted by molar-refractivity contribution is 5.92. The van der Waals surface area contributed by atoms with Gasteiger partial charge in [0.05, 0.1) is 13.0 Å². The van der Waals surface area contributed by atoms with Gasteiger partial charge in [-0.25, -0.2) is 9.59 Å². The van der Waals surface area contributed by atoms with Crippen LogP contribution < -0.4 is 21.7 Å². The number of urea groups is 1. The smallest absolute Gasteiger partial charge is 0.326 e. The summed E-state index contributed by atoms with van der Waals surface area (Å²) in [5.41, 5.74) is 4.96. The molecule has 0 spiro atoms. The summed E-state index contributed by atoms with van der Waals surface area (Å²) in [5, 5.41) is 16.8. The number of primary amides is 1. The number of amides is 4. The summed E-state index contributed by atoms with van der Waals surface area (Å²) in [7, 11) is 1.34. The van der Waals surface area contributed by atoms with Gasteiger partial charge in [-0.05, 0) is 44.4 Å². The highest BCUT2D eigenvalue weighted by atomic mass is 16.5. The molecule has 0 aromatic carbocycles. The first-order valence-electron chi connectivity index (χ1n) is 11.9. The molecular weight excluding hydrogens is 460 g/mol. The Morgan fingerprint density at radius 1 is 0.971 bits per heavy atom. The molecule has 0 saturated heterocycles. The number of hydrogen-bond acceptors (Lipinski definition) is 7. The molecule has 0 bridgehead atoms. The zero-order valence-corrected chi connectivity index (χ0v) is 20.6. The number of carbonyl (C=O) groups is 6. The summed E-state index contributed by atoms with van der Waals surface area (Å²) in [6.07, 6.45) is 2.58. The van der Waals surface area contributed by atoms with Crippen LogP contribution in [-0.4, -0.2) is 66.4 Å². The first-order chi connectivity index (χ1) is 16.5. The number of carboxylic acids is 1. The van der Waals surface area contributed by atoms with E-state index < -0.39 is 35.9 Å². The molecule has 0 aliphatic heterocycles. The molecular formula is C23H38N4O8. The average Bonchev–Trinajstić information content (AvgIpc) is 2.81. The van der Waals surface area contributed by atoms with Gasteiger partial charge in [0, 0.05) is 25.3 Å². The fourth-order valence-electron chi connectivity index (χ4n) is 4.08. The molecule has 1 aliphatic carbocycles. The van der Waals surface area contributed by atoms with Crippen LogP contribution in [0, 0.1) is 17.8 Å². The summed E-state index contributed by atoms with van der Waals surface area (Å²) in [6, 6.07) is -2.90. The Labute approximate surface area is 205 Å². The van der Waals surface area contributed by atoms with E-state index in [4.69, 9.17) is 10.5 Å². The van der Waals surface area contributed by atoms with Gasteiger partial charge >= 0.3 is 18.0 Å². The minimum atomic E-state index is -1.24. The number of esters is 1. The number of aliphatic carboxylic acids is 1. The van der Waals surface area contributed by atoms with Crippen LogP contribution in [0.15, 0.2) is 0 Å². The summed E-state index contributed by atoms with van der Waals surface area (Å²) in [4.78, 5) is 71.5. The second-order valence-electron chi connectivity index (χ2n) is 9.16. The Morgan fingerprint density at radius 2 is 1.57 bits per heavy atom. The number of carbonyl (C=O) groups excluding carboxylic acids is 5. The number of methoxy groups -OCH3 is 1. The largest absolute Gasteiger partial charge is 0.480 e. The predicted molar refractivity (Wildman–Crippen MR) is 125 cm³/mol. The van der Waals surface area contributed by atoms with Crippen LogP contribution in [0.5, 0.6) is 0 Å². The number of rotatable bonds is 14. The van der Waals surface area contributed by atoms with Gasteiger partial charge < -0.3 is 31.5 Å². The van der Waals surface area contributed by atoms with Crippen molar-refractivity contribution in [3.8, 4) is 0 Å². The van der Waals surface area contributed by atoms with Gasteiger partial charge in [-0.2, -0.15) is 0 Å². The number of ketones is 1. The summed E-state index contributed by atoms with van der Waals surface area (Å²) in [6.45, 7) is 3.58. The van der Waals surface area contributed by atoms with Crippen molar-refractivity contribution in [2.75, 3.05) is 13.7 Å². The number of carboxylic acid groups (broad SMARTS) is 1. The van der Waals surface area contributed by atoms with Gasteiger partial charge in [0.2, 0.25) is 11.8 Å². The lowest BCUT2D eigenvalue weighted by atomic mass is 9.79. The molecule has 35 heavy (non-hydrogen) atoms. The predicted octanol–water partition coefficient (Wildman–Crippen LogP) is 0.474. The minimum absolute atomic E-state index is 0.0242. The van der Waals surface area contributed by atoms with E-state index in [1.165, 1.54) is 7.11 Å². The number of ether oxygens (including phenoxy) is 1. The molecule has 0 aromatic heterocycles. The average molecular weight is 499 g/mol. The topological polar surface area (TPSA) is 194 Å². The molecule has 2 atom stereocenters. The molecule has 6 N–H and O–H groups in total. The molecule has 1 rings (SSSR count). The van der Waals surface area contributed by atoms with Gasteiger partial charge in [-0.1, -0.05) is 13.8 Å². The van der Waals surface area contributed by atoms with Crippen molar-refractivity contribution in [2.45, 2.75) is 77.3 Å². The molecule has 12 heteroatoms. The van der Waals surface area contributed by atoms with Crippen LogP contribution >= 0.6 is 0 Å². The fourth-order valence-corrected chi connectivity index (χ4v) is 4.08. The second kappa shape index (κ2) is 14.9. The number of Topliss-reactive ketones (excluding diaryl/α,β-unsaturated/α-hetero) is 1. The fraction of sp³-hybridized carbons (Fsp3) is 0.739. The highest BCUT2D eigenvalue weighted by Gasteiger charge is 2.31. The summed E-state index contributed by atoms with van der Waals surface area (Å²) in [5.74, 6) is -3.39.